The minimum atomic E-state index is -0.252. The number of hydrogen-bond donors (Lipinski definition) is 2. The SMILES string of the molecule is CCCN1CC[C@@H](CNC(=O)N(C)Cc2cc3cc(F)ccc3[nH]2)C1. The maximum atomic E-state index is 13.3. The molecule has 5 nitrogen and oxygen atoms in total. The number of carbonyl (C=O) groups excluding carboxylic acids is 1. The number of halogens is 1. The number of hydrogen-bond acceptors (Lipinski definition) is 2. The van der Waals surface area contributed by atoms with Crippen molar-refractivity contribution in [2.45, 2.75) is 26.3 Å². The number of aromatic nitrogens is 1. The Morgan fingerprint density at radius 2 is 2.28 bits per heavy atom. The van der Waals surface area contributed by atoms with Gasteiger partial charge in [0.2, 0.25) is 0 Å². The summed E-state index contributed by atoms with van der Waals surface area (Å²) in [6, 6.07) is 6.47. The molecule has 0 unspecified atom stereocenters. The van der Waals surface area contributed by atoms with Gasteiger partial charge in [0.1, 0.15) is 5.82 Å². The standard InChI is InChI=1S/C19H27FN4O/c1-3-7-24-8-6-14(12-24)11-21-19(25)23(2)13-17-10-15-9-16(20)4-5-18(15)22-17/h4-5,9-10,14,22H,3,6-8,11-13H2,1-2H3,(H,21,25)/t14-/m0/s1. The summed E-state index contributed by atoms with van der Waals surface area (Å²) in [4.78, 5) is 19.7. The van der Waals surface area contributed by atoms with Crippen LogP contribution in [-0.4, -0.2) is 54.0 Å². The number of benzene rings is 1. The highest BCUT2D eigenvalue weighted by Gasteiger charge is 2.22. The van der Waals surface area contributed by atoms with Gasteiger partial charge in [0.15, 0.2) is 0 Å². The molecule has 1 aliphatic rings. The van der Waals surface area contributed by atoms with E-state index in [0.29, 0.717) is 12.5 Å². The summed E-state index contributed by atoms with van der Waals surface area (Å²) in [5.41, 5.74) is 1.78. The minimum Gasteiger partial charge on any atom is -0.357 e. The highest BCUT2D eigenvalue weighted by atomic mass is 19.1. The van der Waals surface area contributed by atoms with E-state index in [4.69, 9.17) is 0 Å². The second kappa shape index (κ2) is 7.87. The first kappa shape index (κ1) is 17.7. The average Bonchev–Trinajstić information content (AvgIpc) is 3.18. The molecule has 0 spiro atoms. The number of rotatable bonds is 6. The lowest BCUT2D eigenvalue weighted by atomic mass is 10.1. The van der Waals surface area contributed by atoms with Crippen LogP contribution in [0, 0.1) is 11.7 Å². The third kappa shape index (κ3) is 4.51. The quantitative estimate of drug-likeness (QED) is 0.844. The van der Waals surface area contributed by atoms with Crippen LogP contribution in [0.15, 0.2) is 24.3 Å². The number of fused-ring (bicyclic) bond motifs is 1. The van der Waals surface area contributed by atoms with Crippen LogP contribution in [0.2, 0.25) is 0 Å². The van der Waals surface area contributed by atoms with Crippen molar-refractivity contribution < 1.29 is 9.18 Å². The first-order chi connectivity index (χ1) is 12.0. The third-order valence-corrected chi connectivity index (χ3v) is 4.84. The fourth-order valence-electron chi connectivity index (χ4n) is 3.54. The van der Waals surface area contributed by atoms with Crippen molar-refractivity contribution in [2.24, 2.45) is 5.92 Å². The van der Waals surface area contributed by atoms with Crippen molar-refractivity contribution in [3.63, 3.8) is 0 Å². The molecule has 1 aliphatic heterocycles. The van der Waals surface area contributed by atoms with Gasteiger partial charge in [-0.1, -0.05) is 6.92 Å². The molecule has 2 aromatic rings. The number of urea groups is 1. The lowest BCUT2D eigenvalue weighted by Crippen LogP contribution is -2.39. The second-order valence-corrected chi connectivity index (χ2v) is 7.02. The summed E-state index contributed by atoms with van der Waals surface area (Å²) in [6.45, 7) is 6.74. The van der Waals surface area contributed by atoms with E-state index in [0.717, 1.165) is 49.2 Å². The van der Waals surface area contributed by atoms with Gasteiger partial charge in [-0.2, -0.15) is 0 Å². The molecule has 1 saturated heterocycles. The third-order valence-electron chi connectivity index (χ3n) is 4.84. The van der Waals surface area contributed by atoms with Gasteiger partial charge in [-0.05, 0) is 56.1 Å². The van der Waals surface area contributed by atoms with Crippen molar-refractivity contribution in [3.05, 3.63) is 35.8 Å². The van der Waals surface area contributed by atoms with Crippen LogP contribution in [0.25, 0.3) is 10.9 Å². The topological polar surface area (TPSA) is 51.4 Å². The van der Waals surface area contributed by atoms with Gasteiger partial charge in [-0.3, -0.25) is 0 Å². The highest BCUT2D eigenvalue weighted by molar-refractivity contribution is 5.80. The molecule has 6 heteroatoms. The summed E-state index contributed by atoms with van der Waals surface area (Å²) in [7, 11) is 1.78. The Bertz CT molecular complexity index is 729. The van der Waals surface area contributed by atoms with Crippen molar-refractivity contribution in [1.82, 2.24) is 20.1 Å². The van der Waals surface area contributed by atoms with Gasteiger partial charge < -0.3 is 20.1 Å². The predicted octanol–water partition coefficient (Wildman–Crippen LogP) is 3.18. The van der Waals surface area contributed by atoms with Crippen LogP contribution < -0.4 is 5.32 Å². The molecular weight excluding hydrogens is 319 g/mol. The maximum absolute atomic E-state index is 13.3. The molecule has 1 aromatic carbocycles. The molecule has 0 bridgehead atoms. The number of likely N-dealkylation sites (tertiary alicyclic amines) is 1. The van der Waals surface area contributed by atoms with Crippen molar-refractivity contribution in [1.29, 1.82) is 0 Å². The largest absolute Gasteiger partial charge is 0.357 e. The molecule has 25 heavy (non-hydrogen) atoms. The van der Waals surface area contributed by atoms with E-state index in [9.17, 15) is 9.18 Å². The zero-order valence-corrected chi connectivity index (χ0v) is 15.0. The van der Waals surface area contributed by atoms with Crippen LogP contribution in [0.5, 0.6) is 0 Å². The molecule has 0 saturated carbocycles. The Morgan fingerprint density at radius 3 is 3.08 bits per heavy atom. The van der Waals surface area contributed by atoms with Gasteiger partial charge in [0, 0.05) is 36.7 Å². The fourth-order valence-corrected chi connectivity index (χ4v) is 3.54. The summed E-state index contributed by atoms with van der Waals surface area (Å²) in [5, 5.41) is 3.86. The van der Waals surface area contributed by atoms with E-state index in [-0.39, 0.29) is 11.8 Å². The molecule has 136 valence electrons. The first-order valence-corrected chi connectivity index (χ1v) is 9.03. The second-order valence-electron chi connectivity index (χ2n) is 7.02. The predicted molar refractivity (Wildman–Crippen MR) is 98.0 cm³/mol. The molecule has 2 heterocycles. The zero-order valence-electron chi connectivity index (χ0n) is 15.0. The fraction of sp³-hybridized carbons (Fsp3) is 0.526. The van der Waals surface area contributed by atoms with Crippen LogP contribution in [0.1, 0.15) is 25.5 Å². The zero-order chi connectivity index (χ0) is 17.8. The Kier molecular flexibility index (Phi) is 5.58. The van der Waals surface area contributed by atoms with Gasteiger partial charge >= 0.3 is 6.03 Å². The van der Waals surface area contributed by atoms with E-state index in [1.807, 2.05) is 6.07 Å². The van der Waals surface area contributed by atoms with Crippen molar-refractivity contribution in [3.8, 4) is 0 Å². The number of nitrogens with zero attached hydrogens (tertiary/aromatic N) is 2. The molecule has 3 rings (SSSR count). The van der Waals surface area contributed by atoms with Crippen molar-refractivity contribution >= 4 is 16.9 Å². The normalized spacial score (nSPS) is 18.0. The van der Waals surface area contributed by atoms with Gasteiger partial charge in [0.25, 0.3) is 0 Å². The molecule has 2 amide bonds. The number of H-pyrrole nitrogens is 1. The van der Waals surface area contributed by atoms with Gasteiger partial charge in [-0.25, -0.2) is 9.18 Å². The van der Waals surface area contributed by atoms with Crippen LogP contribution >= 0.6 is 0 Å². The van der Waals surface area contributed by atoms with E-state index < -0.39 is 0 Å². The van der Waals surface area contributed by atoms with Crippen LogP contribution in [0.3, 0.4) is 0 Å². The smallest absolute Gasteiger partial charge is 0.317 e. The molecule has 0 aliphatic carbocycles. The molecular formula is C19H27FN4O. The minimum absolute atomic E-state index is 0.0706. The van der Waals surface area contributed by atoms with Crippen LogP contribution in [0.4, 0.5) is 9.18 Å². The highest BCUT2D eigenvalue weighted by Crippen LogP contribution is 2.18. The molecule has 1 fully saturated rings. The van der Waals surface area contributed by atoms with E-state index in [2.05, 4.69) is 22.1 Å². The lowest BCUT2D eigenvalue weighted by molar-refractivity contribution is 0.204. The number of nitrogens with one attached hydrogen (secondary N) is 2. The molecule has 0 radical (unpaired) electrons. The summed E-state index contributed by atoms with van der Waals surface area (Å²) < 4.78 is 13.3. The summed E-state index contributed by atoms with van der Waals surface area (Å²) in [5.74, 6) is 0.290. The summed E-state index contributed by atoms with van der Waals surface area (Å²) >= 11 is 0. The first-order valence-electron chi connectivity index (χ1n) is 9.03. The Morgan fingerprint density at radius 1 is 1.44 bits per heavy atom. The molecule has 2 N–H and O–H groups in total. The van der Waals surface area contributed by atoms with E-state index in [1.165, 1.54) is 18.6 Å². The monoisotopic (exact) mass is 346 g/mol. The number of carbonyl (C=O) groups is 1. The lowest BCUT2D eigenvalue weighted by Gasteiger charge is -2.19. The van der Waals surface area contributed by atoms with Crippen molar-refractivity contribution in [2.75, 3.05) is 33.2 Å². The average molecular weight is 346 g/mol. The van der Waals surface area contributed by atoms with Gasteiger partial charge in [-0.15, -0.1) is 0 Å². The van der Waals surface area contributed by atoms with Gasteiger partial charge in [0.05, 0.1) is 6.54 Å². The van der Waals surface area contributed by atoms with E-state index in [1.54, 1.807) is 18.0 Å². The Labute approximate surface area is 148 Å². The van der Waals surface area contributed by atoms with E-state index >= 15 is 0 Å². The molecule has 1 atom stereocenters. The maximum Gasteiger partial charge on any atom is 0.317 e. The van der Waals surface area contributed by atoms with Crippen LogP contribution in [-0.2, 0) is 6.54 Å². The number of aromatic amines is 1. The summed E-state index contributed by atoms with van der Waals surface area (Å²) in [6.07, 6.45) is 2.33. The molecule has 1 aromatic heterocycles. The Hall–Kier alpha value is -2.08. The number of amides is 2. The Balaban J connectivity index is 1.48.